The lowest BCUT2D eigenvalue weighted by atomic mass is 9.94. The van der Waals surface area contributed by atoms with Gasteiger partial charge in [-0.1, -0.05) is 0 Å². The highest BCUT2D eigenvalue weighted by molar-refractivity contribution is 5.97. The van der Waals surface area contributed by atoms with Crippen molar-refractivity contribution < 1.29 is 13.9 Å². The van der Waals surface area contributed by atoms with Crippen LogP contribution in [0.15, 0.2) is 16.8 Å². The van der Waals surface area contributed by atoms with E-state index in [1.807, 2.05) is 6.92 Å². The maximum atomic E-state index is 12.7. The molecule has 1 aliphatic heterocycles. The maximum absolute atomic E-state index is 12.7. The summed E-state index contributed by atoms with van der Waals surface area (Å²) in [7, 11) is 0. The minimum absolute atomic E-state index is 0.00694. The normalized spacial score (nSPS) is 19.8. The van der Waals surface area contributed by atoms with Crippen LogP contribution in [-0.4, -0.2) is 22.5 Å². The van der Waals surface area contributed by atoms with Crippen molar-refractivity contribution in [3.8, 4) is 0 Å². The summed E-state index contributed by atoms with van der Waals surface area (Å²) in [6, 6.07) is 0. The van der Waals surface area contributed by atoms with Crippen LogP contribution in [0.3, 0.4) is 0 Å². The SMILES string of the molecule is Cc1oc2c(c1C(=O)NCc1cnc(C3CCCCO3)nc1)CCCC2. The van der Waals surface area contributed by atoms with E-state index < -0.39 is 0 Å². The Morgan fingerprint density at radius 2 is 2.00 bits per heavy atom. The molecular weight excluding hydrogens is 330 g/mol. The second kappa shape index (κ2) is 7.58. The molecule has 1 fully saturated rings. The summed E-state index contributed by atoms with van der Waals surface area (Å²) < 4.78 is 11.5. The Bertz CT molecular complexity index is 776. The van der Waals surface area contributed by atoms with Crippen LogP contribution in [0.25, 0.3) is 0 Å². The maximum Gasteiger partial charge on any atom is 0.255 e. The number of aromatic nitrogens is 2. The second-order valence-corrected chi connectivity index (χ2v) is 7.13. The number of hydrogen-bond acceptors (Lipinski definition) is 5. The summed E-state index contributed by atoms with van der Waals surface area (Å²) in [5, 5.41) is 2.98. The van der Waals surface area contributed by atoms with Gasteiger partial charge in [-0.2, -0.15) is 0 Å². The van der Waals surface area contributed by atoms with Gasteiger partial charge in [0.2, 0.25) is 0 Å². The predicted molar refractivity (Wildman–Crippen MR) is 95.8 cm³/mol. The first-order valence-corrected chi connectivity index (χ1v) is 9.54. The lowest BCUT2D eigenvalue weighted by molar-refractivity contribution is 0.00940. The molecule has 1 saturated heterocycles. The number of aryl methyl sites for hydroxylation is 2. The number of furan rings is 1. The van der Waals surface area contributed by atoms with Crippen LogP contribution in [0.1, 0.15) is 77.0 Å². The zero-order valence-electron chi connectivity index (χ0n) is 15.2. The van der Waals surface area contributed by atoms with E-state index in [0.29, 0.717) is 12.1 Å². The van der Waals surface area contributed by atoms with Gasteiger partial charge in [0.1, 0.15) is 17.6 Å². The van der Waals surface area contributed by atoms with Crippen LogP contribution in [-0.2, 0) is 24.1 Å². The van der Waals surface area contributed by atoms with Crippen LogP contribution in [0, 0.1) is 6.92 Å². The van der Waals surface area contributed by atoms with Crippen LogP contribution in [0.5, 0.6) is 0 Å². The summed E-state index contributed by atoms with van der Waals surface area (Å²) in [6.45, 7) is 3.06. The van der Waals surface area contributed by atoms with Gasteiger partial charge in [-0.15, -0.1) is 0 Å². The zero-order valence-corrected chi connectivity index (χ0v) is 15.2. The van der Waals surface area contributed by atoms with Crippen molar-refractivity contribution >= 4 is 5.91 Å². The van der Waals surface area contributed by atoms with Gasteiger partial charge in [0.05, 0.1) is 5.56 Å². The minimum atomic E-state index is -0.0749. The Hall–Kier alpha value is -2.21. The minimum Gasteiger partial charge on any atom is -0.465 e. The highest BCUT2D eigenvalue weighted by Crippen LogP contribution is 2.29. The monoisotopic (exact) mass is 355 g/mol. The lowest BCUT2D eigenvalue weighted by Crippen LogP contribution is -2.25. The first-order valence-electron chi connectivity index (χ1n) is 9.54. The van der Waals surface area contributed by atoms with Crippen LogP contribution in [0.2, 0.25) is 0 Å². The third-order valence-corrected chi connectivity index (χ3v) is 5.22. The van der Waals surface area contributed by atoms with E-state index in [1.54, 1.807) is 12.4 Å². The summed E-state index contributed by atoms with van der Waals surface area (Å²) in [4.78, 5) is 21.5. The molecule has 0 bridgehead atoms. The van der Waals surface area contributed by atoms with Crippen molar-refractivity contribution in [2.24, 2.45) is 0 Å². The Kier molecular flexibility index (Phi) is 5.02. The van der Waals surface area contributed by atoms with E-state index in [1.165, 1.54) is 0 Å². The van der Waals surface area contributed by atoms with Gasteiger partial charge in [-0.05, 0) is 45.4 Å². The van der Waals surface area contributed by atoms with E-state index >= 15 is 0 Å². The van der Waals surface area contributed by atoms with Gasteiger partial charge < -0.3 is 14.5 Å². The van der Waals surface area contributed by atoms with E-state index in [9.17, 15) is 4.79 Å². The fourth-order valence-corrected chi connectivity index (χ4v) is 3.84. The van der Waals surface area contributed by atoms with Crippen molar-refractivity contribution in [3.05, 3.63) is 46.4 Å². The highest BCUT2D eigenvalue weighted by atomic mass is 16.5. The van der Waals surface area contributed by atoms with E-state index in [2.05, 4.69) is 15.3 Å². The molecule has 138 valence electrons. The summed E-state index contributed by atoms with van der Waals surface area (Å²) in [5.41, 5.74) is 2.69. The fourth-order valence-electron chi connectivity index (χ4n) is 3.84. The first kappa shape index (κ1) is 17.2. The van der Waals surface area contributed by atoms with E-state index in [-0.39, 0.29) is 12.0 Å². The molecule has 2 aromatic rings. The molecule has 1 aliphatic carbocycles. The largest absolute Gasteiger partial charge is 0.465 e. The highest BCUT2D eigenvalue weighted by Gasteiger charge is 2.25. The molecule has 0 aromatic carbocycles. The lowest BCUT2D eigenvalue weighted by Gasteiger charge is -2.21. The number of nitrogens with one attached hydrogen (secondary N) is 1. The predicted octanol–water partition coefficient (Wildman–Crippen LogP) is 3.43. The molecule has 6 heteroatoms. The standard InChI is InChI=1S/C20H25N3O3/c1-13-18(15-6-2-3-7-16(15)26-13)20(24)23-12-14-10-21-19(22-11-14)17-8-4-5-9-25-17/h10-11,17H,2-9,12H2,1H3,(H,23,24). The zero-order chi connectivity index (χ0) is 17.9. The molecule has 3 heterocycles. The van der Waals surface area contributed by atoms with Crippen molar-refractivity contribution in [2.75, 3.05) is 6.61 Å². The van der Waals surface area contributed by atoms with Crippen molar-refractivity contribution in [1.82, 2.24) is 15.3 Å². The number of fused-ring (bicyclic) bond motifs is 1. The molecule has 1 amide bonds. The van der Waals surface area contributed by atoms with Gasteiger partial charge >= 0.3 is 0 Å². The van der Waals surface area contributed by atoms with Crippen molar-refractivity contribution in [3.63, 3.8) is 0 Å². The molecule has 1 atom stereocenters. The third-order valence-electron chi connectivity index (χ3n) is 5.22. The van der Waals surface area contributed by atoms with Crippen LogP contribution < -0.4 is 5.32 Å². The quantitative estimate of drug-likeness (QED) is 0.909. The molecule has 2 aliphatic rings. The van der Waals surface area contributed by atoms with Gasteiger partial charge in [-0.25, -0.2) is 9.97 Å². The van der Waals surface area contributed by atoms with E-state index in [4.69, 9.17) is 9.15 Å². The first-order chi connectivity index (χ1) is 12.7. The second-order valence-electron chi connectivity index (χ2n) is 7.13. The number of ether oxygens (including phenoxy) is 1. The Balaban J connectivity index is 1.39. The number of amides is 1. The Morgan fingerprint density at radius 3 is 2.77 bits per heavy atom. The average molecular weight is 355 g/mol. The smallest absolute Gasteiger partial charge is 0.255 e. The van der Waals surface area contributed by atoms with Gasteiger partial charge in [0.15, 0.2) is 5.82 Å². The Morgan fingerprint density at radius 1 is 1.19 bits per heavy atom. The van der Waals surface area contributed by atoms with Gasteiger partial charge in [0, 0.05) is 43.1 Å². The Labute approximate surface area is 153 Å². The number of rotatable bonds is 4. The van der Waals surface area contributed by atoms with Crippen LogP contribution in [0.4, 0.5) is 0 Å². The van der Waals surface area contributed by atoms with Crippen molar-refractivity contribution in [1.29, 1.82) is 0 Å². The molecule has 6 nitrogen and oxygen atoms in total. The molecular formula is C20H25N3O3. The molecule has 0 saturated carbocycles. The number of carbonyl (C=O) groups is 1. The van der Waals surface area contributed by atoms with Crippen molar-refractivity contribution in [2.45, 2.75) is 64.5 Å². The van der Waals surface area contributed by atoms with Crippen LogP contribution >= 0.6 is 0 Å². The molecule has 0 radical (unpaired) electrons. The van der Waals surface area contributed by atoms with Gasteiger partial charge in [-0.3, -0.25) is 4.79 Å². The molecule has 0 spiro atoms. The third kappa shape index (κ3) is 3.51. The van der Waals surface area contributed by atoms with E-state index in [0.717, 1.165) is 80.0 Å². The molecule has 1 N–H and O–H groups in total. The number of carbonyl (C=O) groups excluding carboxylic acids is 1. The summed E-state index contributed by atoms with van der Waals surface area (Å²) in [5.74, 6) is 2.36. The number of nitrogens with zero attached hydrogens (tertiary/aromatic N) is 2. The molecule has 1 unspecified atom stereocenters. The fraction of sp³-hybridized carbons (Fsp3) is 0.550. The average Bonchev–Trinajstić information content (AvgIpc) is 3.03. The topological polar surface area (TPSA) is 77.2 Å². The summed E-state index contributed by atoms with van der Waals surface area (Å²) in [6.07, 6.45) is 10.9. The molecule has 4 rings (SSSR count). The molecule has 2 aromatic heterocycles. The number of hydrogen-bond donors (Lipinski definition) is 1. The summed E-state index contributed by atoms with van der Waals surface area (Å²) >= 11 is 0. The van der Waals surface area contributed by atoms with Gasteiger partial charge in [0.25, 0.3) is 5.91 Å². The molecule has 26 heavy (non-hydrogen) atoms.